The summed E-state index contributed by atoms with van der Waals surface area (Å²) in [7, 11) is 1.48. The number of anilines is 1. The van der Waals surface area contributed by atoms with Crippen LogP contribution in [0.2, 0.25) is 0 Å². The molecule has 0 radical (unpaired) electrons. The Labute approximate surface area is 166 Å². The lowest BCUT2D eigenvalue weighted by atomic mass is 10.1. The number of thioether (sulfide) groups is 1. The van der Waals surface area contributed by atoms with Gasteiger partial charge in [-0.15, -0.1) is 0 Å². The first-order valence-corrected chi connectivity index (χ1v) is 9.43. The fourth-order valence-corrected chi connectivity index (χ4v) is 4.24. The van der Waals surface area contributed by atoms with Crippen LogP contribution in [0.25, 0.3) is 16.8 Å². The molecular weight excluding hydrogens is 378 g/mol. The van der Waals surface area contributed by atoms with Gasteiger partial charge in [-0.3, -0.25) is 9.69 Å². The van der Waals surface area contributed by atoms with E-state index in [1.807, 2.05) is 42.5 Å². The topological polar surface area (TPSA) is 49.8 Å². The number of phenolic OH excluding ortho intramolecular Hbond substituents is 1. The highest BCUT2D eigenvalue weighted by molar-refractivity contribution is 8.27. The number of methoxy groups -OCH3 is 1. The number of hydrogen-bond acceptors (Lipinski definition) is 5. The lowest BCUT2D eigenvalue weighted by Crippen LogP contribution is -2.27. The molecule has 1 heterocycles. The second-order valence-electron chi connectivity index (χ2n) is 5.98. The number of nitrogens with zero attached hydrogens (tertiary/aromatic N) is 1. The van der Waals surface area contributed by atoms with Crippen LogP contribution >= 0.6 is 24.0 Å². The SMILES string of the molecule is COc1cc(/C=C2\SC(=S)N(c3ccc4ccccc4c3)C2=O)ccc1O. The van der Waals surface area contributed by atoms with Crippen molar-refractivity contribution in [3.63, 3.8) is 0 Å². The maximum absolute atomic E-state index is 12.9. The molecule has 0 spiro atoms. The minimum Gasteiger partial charge on any atom is -0.504 e. The molecule has 134 valence electrons. The van der Waals surface area contributed by atoms with Crippen molar-refractivity contribution in [2.75, 3.05) is 12.0 Å². The third kappa shape index (κ3) is 3.29. The van der Waals surface area contributed by atoms with Crippen LogP contribution in [0.5, 0.6) is 11.5 Å². The normalized spacial score (nSPS) is 15.7. The highest BCUT2D eigenvalue weighted by Crippen LogP contribution is 2.37. The lowest BCUT2D eigenvalue weighted by Gasteiger charge is -2.15. The van der Waals surface area contributed by atoms with Gasteiger partial charge in [0.25, 0.3) is 5.91 Å². The van der Waals surface area contributed by atoms with E-state index in [-0.39, 0.29) is 11.7 Å². The van der Waals surface area contributed by atoms with Crippen molar-refractivity contribution in [2.24, 2.45) is 0 Å². The number of aromatic hydroxyl groups is 1. The zero-order chi connectivity index (χ0) is 19.0. The van der Waals surface area contributed by atoms with Gasteiger partial charge in [-0.2, -0.15) is 0 Å². The zero-order valence-corrected chi connectivity index (χ0v) is 16.0. The Balaban J connectivity index is 1.69. The van der Waals surface area contributed by atoms with E-state index in [0.717, 1.165) is 22.0 Å². The summed E-state index contributed by atoms with van der Waals surface area (Å²) in [6.07, 6.45) is 1.75. The van der Waals surface area contributed by atoms with Crippen LogP contribution in [0.15, 0.2) is 65.6 Å². The Kier molecular flexibility index (Phi) is 4.59. The number of benzene rings is 3. The summed E-state index contributed by atoms with van der Waals surface area (Å²) >= 11 is 6.71. The molecule has 1 saturated heterocycles. The summed E-state index contributed by atoms with van der Waals surface area (Å²) in [6, 6.07) is 18.8. The van der Waals surface area contributed by atoms with Gasteiger partial charge in [-0.25, -0.2) is 0 Å². The predicted octanol–water partition coefficient (Wildman–Crippen LogP) is 4.96. The minimum atomic E-state index is -0.160. The highest BCUT2D eigenvalue weighted by Gasteiger charge is 2.33. The molecule has 1 N–H and O–H groups in total. The van der Waals surface area contributed by atoms with E-state index in [9.17, 15) is 9.90 Å². The van der Waals surface area contributed by atoms with Gasteiger partial charge >= 0.3 is 0 Å². The van der Waals surface area contributed by atoms with Gasteiger partial charge in [-0.1, -0.05) is 60.4 Å². The first kappa shape index (κ1) is 17.6. The van der Waals surface area contributed by atoms with Crippen LogP contribution < -0.4 is 9.64 Å². The van der Waals surface area contributed by atoms with E-state index in [1.54, 1.807) is 23.1 Å². The summed E-state index contributed by atoms with van der Waals surface area (Å²) in [6.45, 7) is 0. The number of rotatable bonds is 3. The third-order valence-electron chi connectivity index (χ3n) is 4.29. The number of hydrogen-bond donors (Lipinski definition) is 1. The molecule has 3 aromatic rings. The fourth-order valence-electron chi connectivity index (χ4n) is 2.94. The Hall–Kier alpha value is -2.83. The molecule has 0 unspecified atom stereocenters. The number of thiocarbonyl (C=S) groups is 1. The van der Waals surface area contributed by atoms with E-state index in [0.29, 0.717) is 15.0 Å². The lowest BCUT2D eigenvalue weighted by molar-refractivity contribution is -0.113. The standard InChI is InChI=1S/C21H15NO3S2/c1-25-18-10-13(6-9-17(18)23)11-19-20(24)22(21(26)27-19)16-8-7-14-4-2-3-5-15(14)12-16/h2-12,23H,1H3/b19-11-. The Morgan fingerprint density at radius 1 is 1.07 bits per heavy atom. The van der Waals surface area contributed by atoms with Gasteiger partial charge in [0.15, 0.2) is 15.8 Å². The first-order valence-electron chi connectivity index (χ1n) is 8.20. The molecule has 1 aliphatic rings. The fraction of sp³-hybridized carbons (Fsp3) is 0.0476. The molecule has 0 atom stereocenters. The smallest absolute Gasteiger partial charge is 0.270 e. The molecule has 0 aliphatic carbocycles. The van der Waals surface area contributed by atoms with E-state index < -0.39 is 0 Å². The summed E-state index contributed by atoms with van der Waals surface area (Å²) in [5.74, 6) is 0.249. The van der Waals surface area contributed by atoms with Crippen molar-refractivity contribution < 1.29 is 14.6 Å². The molecule has 0 bridgehead atoms. The molecule has 3 aromatic carbocycles. The number of fused-ring (bicyclic) bond motifs is 1. The summed E-state index contributed by atoms with van der Waals surface area (Å²) in [5.41, 5.74) is 1.51. The van der Waals surface area contributed by atoms with E-state index in [2.05, 4.69) is 0 Å². The Morgan fingerprint density at radius 2 is 1.85 bits per heavy atom. The average molecular weight is 393 g/mol. The van der Waals surface area contributed by atoms with Crippen LogP contribution in [0.3, 0.4) is 0 Å². The number of phenols is 1. The van der Waals surface area contributed by atoms with Crippen molar-refractivity contribution in [3.8, 4) is 11.5 Å². The molecule has 6 heteroatoms. The van der Waals surface area contributed by atoms with Crippen molar-refractivity contribution >= 4 is 56.7 Å². The third-order valence-corrected chi connectivity index (χ3v) is 5.59. The van der Waals surface area contributed by atoms with Gasteiger partial charge in [0.05, 0.1) is 17.7 Å². The molecular formula is C21H15NO3S2. The summed E-state index contributed by atoms with van der Waals surface area (Å²) in [5, 5.41) is 11.9. The van der Waals surface area contributed by atoms with E-state index in [4.69, 9.17) is 17.0 Å². The number of carbonyl (C=O) groups is 1. The van der Waals surface area contributed by atoms with Gasteiger partial charge in [0.1, 0.15) is 0 Å². The maximum atomic E-state index is 12.9. The molecule has 1 aliphatic heterocycles. The van der Waals surface area contributed by atoms with E-state index in [1.165, 1.54) is 24.9 Å². The summed E-state index contributed by atoms with van der Waals surface area (Å²) < 4.78 is 5.62. The summed E-state index contributed by atoms with van der Waals surface area (Å²) in [4.78, 5) is 15.0. The predicted molar refractivity (Wildman–Crippen MR) is 114 cm³/mol. The van der Waals surface area contributed by atoms with Crippen LogP contribution in [-0.2, 0) is 4.79 Å². The van der Waals surface area contributed by atoms with Crippen molar-refractivity contribution in [1.29, 1.82) is 0 Å². The average Bonchev–Trinajstić information content (AvgIpc) is 2.96. The number of amides is 1. The van der Waals surface area contributed by atoms with Gasteiger partial charge in [-0.05, 0) is 46.7 Å². The monoisotopic (exact) mass is 393 g/mol. The van der Waals surface area contributed by atoms with Crippen LogP contribution in [0.1, 0.15) is 5.56 Å². The van der Waals surface area contributed by atoms with Crippen LogP contribution in [-0.4, -0.2) is 22.4 Å². The minimum absolute atomic E-state index is 0.0540. The second-order valence-corrected chi connectivity index (χ2v) is 7.66. The molecule has 4 rings (SSSR count). The van der Waals surface area contributed by atoms with Gasteiger partial charge in [0, 0.05) is 0 Å². The highest BCUT2D eigenvalue weighted by atomic mass is 32.2. The number of carbonyl (C=O) groups excluding carboxylic acids is 1. The Morgan fingerprint density at radius 3 is 2.63 bits per heavy atom. The molecule has 0 saturated carbocycles. The molecule has 0 aromatic heterocycles. The van der Waals surface area contributed by atoms with Gasteiger partial charge in [0.2, 0.25) is 0 Å². The van der Waals surface area contributed by atoms with Crippen molar-refractivity contribution in [3.05, 3.63) is 71.1 Å². The molecule has 27 heavy (non-hydrogen) atoms. The first-order chi connectivity index (χ1) is 13.1. The quantitative estimate of drug-likeness (QED) is 0.503. The largest absolute Gasteiger partial charge is 0.504 e. The molecule has 4 nitrogen and oxygen atoms in total. The van der Waals surface area contributed by atoms with Crippen LogP contribution in [0.4, 0.5) is 5.69 Å². The Bertz CT molecular complexity index is 1110. The van der Waals surface area contributed by atoms with Crippen LogP contribution in [0, 0.1) is 0 Å². The van der Waals surface area contributed by atoms with E-state index >= 15 is 0 Å². The number of ether oxygens (including phenoxy) is 1. The molecule has 1 amide bonds. The van der Waals surface area contributed by atoms with Crippen molar-refractivity contribution in [2.45, 2.75) is 0 Å². The van der Waals surface area contributed by atoms with Crippen molar-refractivity contribution in [1.82, 2.24) is 0 Å². The maximum Gasteiger partial charge on any atom is 0.270 e. The van der Waals surface area contributed by atoms with Gasteiger partial charge < -0.3 is 9.84 Å². The molecule has 1 fully saturated rings. The second kappa shape index (κ2) is 7.06. The zero-order valence-electron chi connectivity index (χ0n) is 14.4.